The van der Waals surface area contributed by atoms with Crippen molar-refractivity contribution in [2.45, 2.75) is 25.7 Å². The Morgan fingerprint density at radius 3 is 2.29 bits per heavy atom. The van der Waals surface area contributed by atoms with Gasteiger partial charge in [-0.1, -0.05) is 35.3 Å². The molecule has 0 saturated heterocycles. The zero-order valence-corrected chi connectivity index (χ0v) is 23.6. The molecule has 0 aliphatic rings. The van der Waals surface area contributed by atoms with Crippen LogP contribution in [0.5, 0.6) is 0 Å². The number of amides is 1. The highest BCUT2D eigenvalue weighted by Gasteiger charge is 2.31. The highest BCUT2D eigenvalue weighted by atomic mass is 35.5. The summed E-state index contributed by atoms with van der Waals surface area (Å²) in [5, 5.41) is 17.0. The van der Waals surface area contributed by atoms with Crippen molar-refractivity contribution in [3.8, 4) is 22.8 Å². The van der Waals surface area contributed by atoms with Crippen molar-refractivity contribution in [3.05, 3.63) is 93.5 Å². The molecule has 0 aliphatic heterocycles. The summed E-state index contributed by atoms with van der Waals surface area (Å²) in [7, 11) is 1.63. The number of halogens is 5. The summed E-state index contributed by atoms with van der Waals surface area (Å²) in [6.07, 6.45) is -4.51. The summed E-state index contributed by atoms with van der Waals surface area (Å²) >= 11 is 12.4. The number of carboxylic acid groups (broad SMARTS) is 1. The first-order chi connectivity index (χ1) is 19.8. The third-order valence-corrected chi connectivity index (χ3v) is 7.08. The van der Waals surface area contributed by atoms with Gasteiger partial charge in [-0.25, -0.2) is 4.98 Å². The SMILES string of the molecule is C[C@H](NC(=O)c1ccc(Cn2nc(-c3cc(Cl)cc(Cl)c3)cc2-c2nc3ccc(C(F)(F)F)cc3n2C)cc1)C(=O)O. The second-order valence-corrected chi connectivity index (χ2v) is 10.5. The Labute approximate surface area is 247 Å². The molecule has 0 saturated carbocycles. The number of rotatable bonds is 7. The van der Waals surface area contributed by atoms with Gasteiger partial charge in [0.25, 0.3) is 5.91 Å². The van der Waals surface area contributed by atoms with Crippen LogP contribution in [0.2, 0.25) is 10.0 Å². The van der Waals surface area contributed by atoms with E-state index in [0.717, 1.165) is 17.7 Å². The van der Waals surface area contributed by atoms with E-state index >= 15 is 0 Å². The lowest BCUT2D eigenvalue weighted by Gasteiger charge is -2.11. The van der Waals surface area contributed by atoms with Crippen molar-refractivity contribution in [1.82, 2.24) is 24.6 Å². The maximum atomic E-state index is 13.4. The zero-order valence-electron chi connectivity index (χ0n) is 22.1. The molecule has 8 nitrogen and oxygen atoms in total. The van der Waals surface area contributed by atoms with Crippen LogP contribution in [-0.2, 0) is 24.6 Å². The van der Waals surface area contributed by atoms with Gasteiger partial charge in [-0.2, -0.15) is 18.3 Å². The molecule has 0 spiro atoms. The molecule has 0 fully saturated rings. The van der Waals surface area contributed by atoms with E-state index in [1.807, 2.05) is 0 Å². The van der Waals surface area contributed by atoms with Crippen LogP contribution in [-0.4, -0.2) is 42.4 Å². The van der Waals surface area contributed by atoms with E-state index in [2.05, 4.69) is 10.3 Å². The maximum Gasteiger partial charge on any atom is 0.416 e. The van der Waals surface area contributed by atoms with Gasteiger partial charge in [0.1, 0.15) is 11.7 Å². The van der Waals surface area contributed by atoms with Gasteiger partial charge in [-0.05, 0) is 67.1 Å². The quantitative estimate of drug-likeness (QED) is 0.213. The molecule has 5 aromatic rings. The van der Waals surface area contributed by atoms with Crippen LogP contribution < -0.4 is 5.32 Å². The third-order valence-electron chi connectivity index (χ3n) is 6.64. The molecular weight excluding hydrogens is 594 g/mol. The molecule has 3 aromatic carbocycles. The van der Waals surface area contributed by atoms with Gasteiger partial charge >= 0.3 is 12.1 Å². The molecule has 0 radical (unpaired) electrons. The second kappa shape index (κ2) is 11.1. The topological polar surface area (TPSA) is 102 Å². The molecule has 5 rings (SSSR count). The number of aliphatic carboxylic acids is 1. The number of aryl methyl sites for hydroxylation is 1. The van der Waals surface area contributed by atoms with Crippen LogP contribution in [0.4, 0.5) is 13.2 Å². The highest BCUT2D eigenvalue weighted by molar-refractivity contribution is 6.35. The molecule has 13 heteroatoms. The van der Waals surface area contributed by atoms with Gasteiger partial charge in [0, 0.05) is 28.2 Å². The Bertz CT molecular complexity index is 1810. The van der Waals surface area contributed by atoms with Crippen molar-refractivity contribution >= 4 is 46.1 Å². The lowest BCUT2D eigenvalue weighted by molar-refractivity contribution is -0.139. The standard InChI is InChI=1S/C29H22Cl2F3N5O3/c1-15(28(41)42)35-27(40)17-5-3-16(4-6-17)14-39-25(13-23(37-39)18-9-20(30)12-21(31)10-18)26-36-22-8-7-19(29(32,33)34)11-24(22)38(26)2/h3-13,15H,14H2,1-2H3,(H,35,40)(H,41,42)/t15-/m0/s1. The van der Waals surface area contributed by atoms with Crippen molar-refractivity contribution in [2.75, 3.05) is 0 Å². The van der Waals surface area contributed by atoms with Crippen LogP contribution in [0.3, 0.4) is 0 Å². The number of imidazole rings is 1. The number of carbonyl (C=O) groups excluding carboxylic acids is 1. The minimum Gasteiger partial charge on any atom is -0.480 e. The number of benzene rings is 3. The number of hydrogen-bond donors (Lipinski definition) is 2. The van der Waals surface area contributed by atoms with E-state index in [1.54, 1.807) is 64.8 Å². The molecule has 0 unspecified atom stereocenters. The molecule has 2 aromatic heterocycles. The summed E-state index contributed by atoms with van der Waals surface area (Å²) in [6, 6.07) is 15.6. The average molecular weight is 616 g/mol. The smallest absolute Gasteiger partial charge is 0.416 e. The van der Waals surface area contributed by atoms with Crippen molar-refractivity contribution in [2.24, 2.45) is 7.05 Å². The minimum atomic E-state index is -4.51. The molecule has 42 heavy (non-hydrogen) atoms. The van der Waals surface area contributed by atoms with Gasteiger partial charge in [-0.3, -0.25) is 14.3 Å². The number of carbonyl (C=O) groups is 2. The van der Waals surface area contributed by atoms with E-state index in [4.69, 9.17) is 33.4 Å². The summed E-state index contributed by atoms with van der Waals surface area (Å²) < 4.78 is 43.4. The highest BCUT2D eigenvalue weighted by Crippen LogP contribution is 2.34. The van der Waals surface area contributed by atoms with Gasteiger partial charge in [-0.15, -0.1) is 0 Å². The fourth-order valence-electron chi connectivity index (χ4n) is 4.43. The molecule has 0 bridgehead atoms. The third kappa shape index (κ3) is 5.97. The minimum absolute atomic E-state index is 0.216. The van der Waals surface area contributed by atoms with E-state index < -0.39 is 29.7 Å². The molecule has 2 N–H and O–H groups in total. The van der Waals surface area contributed by atoms with E-state index in [-0.39, 0.29) is 12.1 Å². The molecule has 2 heterocycles. The fraction of sp³-hybridized carbons (Fsp3) is 0.172. The predicted molar refractivity (Wildman–Crippen MR) is 153 cm³/mol. The molecular formula is C29H22Cl2F3N5O3. The van der Waals surface area contributed by atoms with Crippen LogP contribution >= 0.6 is 23.2 Å². The Morgan fingerprint density at radius 2 is 1.67 bits per heavy atom. The summed E-state index contributed by atoms with van der Waals surface area (Å²) in [5.74, 6) is -1.30. The Balaban J connectivity index is 1.56. The normalized spacial score (nSPS) is 12.5. The summed E-state index contributed by atoms with van der Waals surface area (Å²) in [4.78, 5) is 28.1. The first-order valence-corrected chi connectivity index (χ1v) is 13.3. The zero-order chi connectivity index (χ0) is 30.3. The van der Waals surface area contributed by atoms with E-state index in [9.17, 15) is 22.8 Å². The van der Waals surface area contributed by atoms with E-state index in [0.29, 0.717) is 43.9 Å². The number of alkyl halides is 3. The number of nitrogens with one attached hydrogen (secondary N) is 1. The number of hydrogen-bond acceptors (Lipinski definition) is 4. The first kappa shape index (κ1) is 29.2. The van der Waals surface area contributed by atoms with Crippen molar-refractivity contribution in [1.29, 1.82) is 0 Å². The Hall–Kier alpha value is -4.35. The van der Waals surface area contributed by atoms with Gasteiger partial charge < -0.3 is 15.0 Å². The summed E-state index contributed by atoms with van der Waals surface area (Å²) in [5.41, 5.74) is 2.58. The molecule has 1 atom stereocenters. The summed E-state index contributed by atoms with van der Waals surface area (Å²) in [6.45, 7) is 1.58. The van der Waals surface area contributed by atoms with Crippen molar-refractivity contribution in [3.63, 3.8) is 0 Å². The Morgan fingerprint density at radius 1 is 1.00 bits per heavy atom. The largest absolute Gasteiger partial charge is 0.480 e. The van der Waals surface area contributed by atoms with Gasteiger partial charge in [0.15, 0.2) is 5.82 Å². The van der Waals surface area contributed by atoms with Crippen molar-refractivity contribution < 1.29 is 27.9 Å². The number of carboxylic acids is 1. The Kier molecular flexibility index (Phi) is 7.74. The number of fused-ring (bicyclic) bond motifs is 1. The van der Waals surface area contributed by atoms with Gasteiger partial charge in [0.2, 0.25) is 0 Å². The number of aromatic nitrogens is 4. The fourth-order valence-corrected chi connectivity index (χ4v) is 4.96. The molecule has 0 aliphatic carbocycles. The monoisotopic (exact) mass is 615 g/mol. The van der Waals surface area contributed by atoms with Crippen LogP contribution in [0, 0.1) is 0 Å². The second-order valence-electron chi connectivity index (χ2n) is 9.66. The maximum absolute atomic E-state index is 13.4. The average Bonchev–Trinajstić information content (AvgIpc) is 3.48. The van der Waals surface area contributed by atoms with Crippen LogP contribution in [0.25, 0.3) is 33.8 Å². The molecule has 216 valence electrons. The van der Waals surface area contributed by atoms with E-state index in [1.165, 1.54) is 13.0 Å². The lowest BCUT2D eigenvalue weighted by atomic mass is 10.1. The predicted octanol–water partition coefficient (Wildman–Crippen LogP) is 6.68. The van der Waals surface area contributed by atoms with Crippen LogP contribution in [0.1, 0.15) is 28.4 Å². The first-order valence-electron chi connectivity index (χ1n) is 12.5. The molecule has 1 amide bonds. The number of nitrogens with zero attached hydrogens (tertiary/aromatic N) is 4. The lowest BCUT2D eigenvalue weighted by Crippen LogP contribution is -2.38. The van der Waals surface area contributed by atoms with Gasteiger partial charge in [0.05, 0.1) is 28.8 Å². The van der Waals surface area contributed by atoms with Crippen LogP contribution in [0.15, 0.2) is 66.7 Å².